The van der Waals surface area contributed by atoms with E-state index in [1.807, 2.05) is 11.3 Å². The molecule has 2 heterocycles. The third-order valence-electron chi connectivity index (χ3n) is 2.51. The van der Waals surface area contributed by atoms with Gasteiger partial charge in [0.15, 0.2) is 0 Å². The fourth-order valence-electron chi connectivity index (χ4n) is 1.80. The van der Waals surface area contributed by atoms with Crippen LogP contribution in [0.25, 0.3) is 0 Å². The predicted octanol–water partition coefficient (Wildman–Crippen LogP) is 2.30. The number of nitrogens with one attached hydrogen (secondary N) is 1. The molecule has 0 spiro atoms. The summed E-state index contributed by atoms with van der Waals surface area (Å²) < 4.78 is 1.26. The molecule has 0 saturated carbocycles. The van der Waals surface area contributed by atoms with Crippen molar-refractivity contribution in [3.63, 3.8) is 0 Å². The first-order chi connectivity index (χ1) is 6.75. The number of halogens is 1. The molecule has 1 atom stereocenters. The Kier molecular flexibility index (Phi) is 3.60. The van der Waals surface area contributed by atoms with Gasteiger partial charge in [-0.05, 0) is 34.3 Å². The smallest absolute Gasteiger partial charge is 0.0340 e. The van der Waals surface area contributed by atoms with E-state index in [0.29, 0.717) is 6.04 Å². The Morgan fingerprint density at radius 1 is 1.71 bits per heavy atom. The summed E-state index contributed by atoms with van der Waals surface area (Å²) in [5.41, 5.74) is 0. The highest BCUT2D eigenvalue weighted by molar-refractivity contribution is 9.10. The van der Waals surface area contributed by atoms with Gasteiger partial charge in [-0.1, -0.05) is 0 Å². The molecule has 4 heteroatoms. The highest BCUT2D eigenvalue weighted by Crippen LogP contribution is 2.24. The number of thiophene rings is 1. The largest absolute Gasteiger partial charge is 0.312 e. The number of hydrogen-bond donors (Lipinski definition) is 1. The molecule has 1 aromatic heterocycles. The molecule has 0 radical (unpaired) electrons. The molecule has 1 aliphatic heterocycles. The van der Waals surface area contributed by atoms with Gasteiger partial charge >= 0.3 is 0 Å². The second-order valence-electron chi connectivity index (χ2n) is 3.78. The van der Waals surface area contributed by atoms with Crippen LogP contribution in [0.3, 0.4) is 0 Å². The van der Waals surface area contributed by atoms with Crippen molar-refractivity contribution < 1.29 is 0 Å². The van der Waals surface area contributed by atoms with E-state index in [4.69, 9.17) is 0 Å². The molecule has 1 unspecified atom stereocenters. The zero-order valence-corrected chi connectivity index (χ0v) is 10.7. The average molecular weight is 275 g/mol. The summed E-state index contributed by atoms with van der Waals surface area (Å²) in [6, 6.07) is 2.76. The van der Waals surface area contributed by atoms with Crippen molar-refractivity contribution in [2.24, 2.45) is 0 Å². The molecule has 2 nitrogen and oxygen atoms in total. The standard InChI is InChI=1S/C10H15BrN2S/c1-8-6-13(4-3-12-8)7-10-9(11)2-5-14-10/h2,5,8,12H,3-4,6-7H2,1H3. The van der Waals surface area contributed by atoms with E-state index in [1.165, 1.54) is 9.35 Å². The molecular weight excluding hydrogens is 260 g/mol. The summed E-state index contributed by atoms with van der Waals surface area (Å²) in [5.74, 6) is 0. The van der Waals surface area contributed by atoms with Crippen molar-refractivity contribution in [3.05, 3.63) is 20.8 Å². The van der Waals surface area contributed by atoms with Crippen molar-refractivity contribution >= 4 is 27.3 Å². The van der Waals surface area contributed by atoms with E-state index >= 15 is 0 Å². The molecule has 0 aromatic carbocycles. The maximum atomic E-state index is 3.58. The molecular formula is C10H15BrN2S. The molecule has 1 aromatic rings. The predicted molar refractivity (Wildman–Crippen MR) is 64.8 cm³/mol. The Hall–Kier alpha value is 0.1000. The first-order valence-electron chi connectivity index (χ1n) is 4.93. The SMILES string of the molecule is CC1CN(Cc2sccc2Br)CCN1. The summed E-state index contributed by atoms with van der Waals surface area (Å²) in [4.78, 5) is 3.96. The van der Waals surface area contributed by atoms with Gasteiger partial charge in [-0.3, -0.25) is 4.90 Å². The molecule has 1 saturated heterocycles. The van der Waals surface area contributed by atoms with Gasteiger partial charge < -0.3 is 5.32 Å². The van der Waals surface area contributed by atoms with Gasteiger partial charge in [0, 0.05) is 41.6 Å². The van der Waals surface area contributed by atoms with Crippen LogP contribution in [0.2, 0.25) is 0 Å². The lowest BCUT2D eigenvalue weighted by atomic mass is 10.2. The van der Waals surface area contributed by atoms with E-state index in [2.05, 4.69) is 44.5 Å². The van der Waals surface area contributed by atoms with E-state index < -0.39 is 0 Å². The minimum absolute atomic E-state index is 0.627. The van der Waals surface area contributed by atoms with Crippen LogP contribution in [0.1, 0.15) is 11.8 Å². The lowest BCUT2D eigenvalue weighted by Crippen LogP contribution is -2.48. The molecule has 1 fully saturated rings. The number of nitrogens with zero attached hydrogens (tertiary/aromatic N) is 1. The van der Waals surface area contributed by atoms with Gasteiger partial charge in [0.05, 0.1) is 0 Å². The van der Waals surface area contributed by atoms with Crippen LogP contribution < -0.4 is 5.32 Å². The minimum Gasteiger partial charge on any atom is -0.312 e. The molecule has 78 valence electrons. The zero-order chi connectivity index (χ0) is 9.97. The van der Waals surface area contributed by atoms with Gasteiger partial charge in [0.1, 0.15) is 0 Å². The van der Waals surface area contributed by atoms with Gasteiger partial charge in [0.2, 0.25) is 0 Å². The highest BCUT2D eigenvalue weighted by atomic mass is 79.9. The Balaban J connectivity index is 1.94. The molecule has 14 heavy (non-hydrogen) atoms. The van der Waals surface area contributed by atoms with Crippen LogP contribution in [-0.4, -0.2) is 30.6 Å². The molecule has 0 bridgehead atoms. The molecule has 0 amide bonds. The molecule has 1 aliphatic rings. The van der Waals surface area contributed by atoms with E-state index in [9.17, 15) is 0 Å². The first kappa shape index (κ1) is 10.6. The van der Waals surface area contributed by atoms with Gasteiger partial charge in [-0.2, -0.15) is 0 Å². The fraction of sp³-hybridized carbons (Fsp3) is 0.600. The average Bonchev–Trinajstić information content (AvgIpc) is 2.52. The lowest BCUT2D eigenvalue weighted by Gasteiger charge is -2.31. The Morgan fingerprint density at radius 2 is 2.57 bits per heavy atom. The first-order valence-corrected chi connectivity index (χ1v) is 6.60. The summed E-state index contributed by atoms with van der Waals surface area (Å²) in [5, 5.41) is 5.60. The molecule has 1 N–H and O–H groups in total. The third kappa shape index (κ3) is 2.57. The van der Waals surface area contributed by atoms with Crippen LogP contribution in [0.5, 0.6) is 0 Å². The Bertz CT molecular complexity index is 300. The Morgan fingerprint density at radius 3 is 3.21 bits per heavy atom. The van der Waals surface area contributed by atoms with Crippen molar-refractivity contribution in [1.29, 1.82) is 0 Å². The van der Waals surface area contributed by atoms with Crippen LogP contribution in [0.15, 0.2) is 15.9 Å². The Labute approximate surface area is 97.4 Å². The number of piperazine rings is 1. The number of rotatable bonds is 2. The quantitative estimate of drug-likeness (QED) is 0.891. The van der Waals surface area contributed by atoms with Gasteiger partial charge in [-0.15, -0.1) is 11.3 Å². The summed E-state index contributed by atoms with van der Waals surface area (Å²) in [6.45, 7) is 6.77. The lowest BCUT2D eigenvalue weighted by molar-refractivity contribution is 0.201. The third-order valence-corrected chi connectivity index (χ3v) is 4.42. The van der Waals surface area contributed by atoms with Crippen molar-refractivity contribution in [3.8, 4) is 0 Å². The highest BCUT2D eigenvalue weighted by Gasteiger charge is 2.16. The maximum Gasteiger partial charge on any atom is 0.0340 e. The van der Waals surface area contributed by atoms with Crippen LogP contribution in [0.4, 0.5) is 0 Å². The van der Waals surface area contributed by atoms with E-state index in [0.717, 1.165) is 26.2 Å². The molecule has 0 aliphatic carbocycles. The van der Waals surface area contributed by atoms with Crippen LogP contribution in [0, 0.1) is 0 Å². The van der Waals surface area contributed by atoms with E-state index in [-0.39, 0.29) is 0 Å². The topological polar surface area (TPSA) is 15.3 Å². The van der Waals surface area contributed by atoms with Gasteiger partial charge in [0.25, 0.3) is 0 Å². The van der Waals surface area contributed by atoms with Gasteiger partial charge in [-0.25, -0.2) is 0 Å². The van der Waals surface area contributed by atoms with Crippen LogP contribution in [-0.2, 0) is 6.54 Å². The summed E-state index contributed by atoms with van der Waals surface area (Å²) in [7, 11) is 0. The van der Waals surface area contributed by atoms with Crippen molar-refractivity contribution in [2.75, 3.05) is 19.6 Å². The normalized spacial score (nSPS) is 24.0. The second kappa shape index (κ2) is 4.75. The zero-order valence-electron chi connectivity index (χ0n) is 8.29. The maximum absolute atomic E-state index is 3.58. The summed E-state index contributed by atoms with van der Waals surface area (Å²) in [6.07, 6.45) is 0. The minimum atomic E-state index is 0.627. The van der Waals surface area contributed by atoms with Crippen LogP contribution >= 0.6 is 27.3 Å². The molecule has 2 rings (SSSR count). The fourth-order valence-corrected chi connectivity index (χ4v) is 3.32. The van der Waals surface area contributed by atoms with Crippen molar-refractivity contribution in [2.45, 2.75) is 19.5 Å². The van der Waals surface area contributed by atoms with E-state index in [1.54, 1.807) is 0 Å². The number of hydrogen-bond acceptors (Lipinski definition) is 3. The summed E-state index contributed by atoms with van der Waals surface area (Å²) >= 11 is 5.41. The van der Waals surface area contributed by atoms with Crippen molar-refractivity contribution in [1.82, 2.24) is 10.2 Å². The second-order valence-corrected chi connectivity index (χ2v) is 5.64. The monoisotopic (exact) mass is 274 g/mol.